The third-order valence-corrected chi connectivity index (χ3v) is 7.66. The second-order valence-corrected chi connectivity index (χ2v) is 10.1. The van der Waals surface area contributed by atoms with Crippen LogP contribution in [0, 0.1) is 4.78 Å². The number of anilines is 2. The lowest BCUT2D eigenvalue weighted by Gasteiger charge is -2.34. The lowest BCUT2D eigenvalue weighted by Crippen LogP contribution is -2.44. The Morgan fingerprint density at radius 3 is 2.82 bits per heavy atom. The zero-order valence-corrected chi connectivity index (χ0v) is 17.2. The Kier molecular flexibility index (Phi) is 5.15. The summed E-state index contributed by atoms with van der Waals surface area (Å²) >= 11 is 6.07. The van der Waals surface area contributed by atoms with Crippen LogP contribution in [0.1, 0.15) is 30.7 Å². The molecule has 2 aliphatic heterocycles. The zero-order chi connectivity index (χ0) is 19.9. The van der Waals surface area contributed by atoms with Gasteiger partial charge in [-0.15, -0.1) is 0 Å². The largest absolute Gasteiger partial charge is 0.384 e. The third kappa shape index (κ3) is 3.78. The monoisotopic (exact) mass is 422 g/mol. The first-order valence-corrected chi connectivity index (χ1v) is 11.4. The number of aromatic nitrogens is 3. The second kappa shape index (κ2) is 7.46. The highest BCUT2D eigenvalue weighted by Gasteiger charge is 2.32. The number of pyridine rings is 1. The smallest absolute Gasteiger partial charge is 0.162 e. The average Bonchev–Trinajstić information content (AvgIpc) is 3.00. The molecule has 4 rings (SSSR count). The quantitative estimate of drug-likeness (QED) is 0.730. The van der Waals surface area contributed by atoms with Gasteiger partial charge in [0.05, 0.1) is 39.9 Å². The van der Waals surface area contributed by atoms with Gasteiger partial charge < -0.3 is 15.4 Å². The molecule has 2 fully saturated rings. The summed E-state index contributed by atoms with van der Waals surface area (Å²) in [6.07, 6.45) is 1.46. The highest BCUT2D eigenvalue weighted by atomic mass is 35.5. The first-order valence-electron chi connectivity index (χ1n) is 9.25. The van der Waals surface area contributed by atoms with Crippen LogP contribution in [-0.2, 0) is 14.5 Å². The molecule has 150 valence electrons. The molecular weight excluding hydrogens is 400 g/mol. The Hall–Kier alpha value is -1.97. The molecule has 8 nitrogen and oxygen atoms in total. The molecular formula is C18H23ClN6O2S. The molecule has 10 heteroatoms. The zero-order valence-electron chi connectivity index (χ0n) is 15.6. The molecule has 2 saturated heterocycles. The van der Waals surface area contributed by atoms with Crippen molar-refractivity contribution in [1.29, 1.82) is 4.78 Å². The van der Waals surface area contributed by atoms with E-state index in [9.17, 15) is 4.21 Å². The summed E-state index contributed by atoms with van der Waals surface area (Å²) in [5.41, 5.74) is 7.14. The van der Waals surface area contributed by atoms with Crippen molar-refractivity contribution in [2.45, 2.75) is 31.1 Å². The summed E-state index contributed by atoms with van der Waals surface area (Å²) in [5.74, 6) is 1.88. The van der Waals surface area contributed by atoms with Crippen molar-refractivity contribution in [1.82, 2.24) is 15.0 Å². The van der Waals surface area contributed by atoms with Gasteiger partial charge in [0.15, 0.2) is 5.82 Å². The van der Waals surface area contributed by atoms with E-state index in [1.807, 2.05) is 6.07 Å². The second-order valence-electron chi connectivity index (χ2n) is 7.26. The van der Waals surface area contributed by atoms with Crippen LogP contribution in [0.2, 0.25) is 5.15 Å². The van der Waals surface area contributed by atoms with Gasteiger partial charge in [-0.2, -0.15) is 0 Å². The molecule has 2 aromatic rings. The Bertz CT molecular complexity index is 979. The Morgan fingerprint density at radius 1 is 1.32 bits per heavy atom. The minimum atomic E-state index is -2.71. The van der Waals surface area contributed by atoms with Crippen LogP contribution < -0.4 is 10.6 Å². The van der Waals surface area contributed by atoms with E-state index < -0.39 is 9.73 Å². The van der Waals surface area contributed by atoms with Gasteiger partial charge in [0.25, 0.3) is 0 Å². The van der Waals surface area contributed by atoms with Crippen molar-refractivity contribution in [3.05, 3.63) is 29.0 Å². The average molecular weight is 423 g/mol. The van der Waals surface area contributed by atoms with E-state index in [1.54, 1.807) is 12.1 Å². The Balaban J connectivity index is 1.85. The molecule has 28 heavy (non-hydrogen) atoms. The molecule has 2 aliphatic rings. The van der Waals surface area contributed by atoms with Gasteiger partial charge >= 0.3 is 0 Å². The molecule has 0 amide bonds. The fourth-order valence-corrected chi connectivity index (χ4v) is 5.92. The summed E-state index contributed by atoms with van der Waals surface area (Å²) in [4.78, 5) is 15.6. The highest BCUT2D eigenvalue weighted by Crippen LogP contribution is 2.36. The number of hydrogen-bond donors (Lipinski definition) is 2. The van der Waals surface area contributed by atoms with Gasteiger partial charge in [0.1, 0.15) is 16.8 Å². The fourth-order valence-electron chi connectivity index (χ4n) is 3.77. The van der Waals surface area contributed by atoms with Crippen molar-refractivity contribution >= 4 is 33.0 Å². The van der Waals surface area contributed by atoms with Crippen molar-refractivity contribution in [3.63, 3.8) is 0 Å². The molecule has 4 heterocycles. The standard InChI is InChI=1S/C18H23ClN6O2S/c1-11-10-27-5-4-25(11)17-9-13(14-3-2-6-28(14,21)26)22-18(24-17)12-7-15(19)23-16(20)8-12/h7-9,11,14,21H,2-6,10H2,1H3,(H2,20,23)/t11-,14+,28?/m1/s1. The highest BCUT2D eigenvalue weighted by molar-refractivity contribution is 7.92. The molecule has 1 unspecified atom stereocenters. The van der Waals surface area contributed by atoms with Crippen molar-refractivity contribution in [3.8, 4) is 11.4 Å². The number of morpholine rings is 1. The fraction of sp³-hybridized carbons (Fsp3) is 0.500. The number of ether oxygens (including phenoxy) is 1. The molecule has 0 radical (unpaired) electrons. The summed E-state index contributed by atoms with van der Waals surface area (Å²) in [6.45, 7) is 4.01. The number of nitrogens with one attached hydrogen (secondary N) is 1. The molecule has 3 N–H and O–H groups in total. The van der Waals surface area contributed by atoms with Crippen LogP contribution >= 0.6 is 11.6 Å². The van der Waals surface area contributed by atoms with Crippen LogP contribution in [0.3, 0.4) is 0 Å². The first kappa shape index (κ1) is 19.4. The van der Waals surface area contributed by atoms with Gasteiger partial charge in [-0.3, -0.25) is 4.78 Å². The van der Waals surface area contributed by atoms with Crippen LogP contribution in [0.5, 0.6) is 0 Å². The van der Waals surface area contributed by atoms with Crippen molar-refractivity contribution < 1.29 is 8.95 Å². The van der Waals surface area contributed by atoms with Crippen LogP contribution in [0.25, 0.3) is 11.4 Å². The lowest BCUT2D eigenvalue weighted by atomic mass is 10.1. The predicted octanol–water partition coefficient (Wildman–Crippen LogP) is 2.88. The normalized spacial score (nSPS) is 27.9. The molecule has 0 spiro atoms. The van der Waals surface area contributed by atoms with E-state index in [0.717, 1.165) is 12.2 Å². The molecule has 0 aliphatic carbocycles. The summed E-state index contributed by atoms with van der Waals surface area (Å²) in [7, 11) is -2.71. The van der Waals surface area contributed by atoms with E-state index in [2.05, 4.69) is 21.8 Å². The van der Waals surface area contributed by atoms with Gasteiger partial charge in [0.2, 0.25) is 0 Å². The van der Waals surface area contributed by atoms with E-state index >= 15 is 0 Å². The van der Waals surface area contributed by atoms with E-state index in [1.165, 1.54) is 0 Å². The number of halogens is 1. The minimum Gasteiger partial charge on any atom is -0.384 e. The maximum absolute atomic E-state index is 12.7. The maximum Gasteiger partial charge on any atom is 0.162 e. The van der Waals surface area contributed by atoms with Gasteiger partial charge in [-0.1, -0.05) is 11.6 Å². The molecule has 2 aromatic heterocycles. The van der Waals surface area contributed by atoms with E-state index in [4.69, 9.17) is 31.8 Å². The number of nitrogens with two attached hydrogens (primary N) is 1. The Morgan fingerprint density at radius 2 is 2.14 bits per heavy atom. The predicted molar refractivity (Wildman–Crippen MR) is 110 cm³/mol. The molecule has 0 bridgehead atoms. The topological polar surface area (TPSA) is 118 Å². The molecule has 3 atom stereocenters. The molecule has 0 aromatic carbocycles. The number of nitrogen functional groups attached to an aromatic ring is 1. The number of hydrogen-bond acceptors (Lipinski definition) is 8. The summed E-state index contributed by atoms with van der Waals surface area (Å²) in [6, 6.07) is 5.36. The maximum atomic E-state index is 12.7. The summed E-state index contributed by atoms with van der Waals surface area (Å²) < 4.78 is 26.5. The van der Waals surface area contributed by atoms with Gasteiger partial charge in [0, 0.05) is 23.9 Å². The van der Waals surface area contributed by atoms with Crippen LogP contribution in [0.4, 0.5) is 11.6 Å². The first-order chi connectivity index (χ1) is 13.3. The lowest BCUT2D eigenvalue weighted by molar-refractivity contribution is 0.0985. The van der Waals surface area contributed by atoms with Gasteiger partial charge in [-0.05, 0) is 31.9 Å². The Labute approximate surface area is 169 Å². The van der Waals surface area contributed by atoms with E-state index in [0.29, 0.717) is 49.0 Å². The van der Waals surface area contributed by atoms with Crippen molar-refractivity contribution in [2.75, 3.05) is 36.1 Å². The SMILES string of the molecule is C[C@@H]1COCCN1c1cc([C@@H]2CCCS2(=N)=O)nc(-c2cc(N)nc(Cl)c2)n1. The number of rotatable bonds is 3. The summed E-state index contributed by atoms with van der Waals surface area (Å²) in [5, 5.41) is -0.130. The molecule has 0 saturated carbocycles. The third-order valence-electron chi connectivity index (χ3n) is 5.17. The van der Waals surface area contributed by atoms with Crippen LogP contribution in [0.15, 0.2) is 18.2 Å². The van der Waals surface area contributed by atoms with Crippen molar-refractivity contribution in [2.24, 2.45) is 0 Å². The van der Waals surface area contributed by atoms with Crippen LogP contribution in [-0.4, -0.2) is 50.7 Å². The number of nitrogens with zero attached hydrogens (tertiary/aromatic N) is 4. The van der Waals surface area contributed by atoms with Gasteiger partial charge in [-0.25, -0.2) is 19.2 Å². The minimum absolute atomic E-state index is 0.152. The van der Waals surface area contributed by atoms with E-state index in [-0.39, 0.29) is 22.3 Å².